The van der Waals surface area contributed by atoms with E-state index in [0.29, 0.717) is 24.9 Å². The predicted octanol–water partition coefficient (Wildman–Crippen LogP) is 7.17. The van der Waals surface area contributed by atoms with Gasteiger partial charge >= 0.3 is 6.61 Å². The molecule has 11 heteroatoms. The third-order valence-electron chi connectivity index (χ3n) is 7.10. The lowest BCUT2D eigenvalue weighted by Gasteiger charge is -2.24. The number of hydrogen-bond acceptors (Lipinski definition) is 7. The first-order chi connectivity index (χ1) is 20.8. The Morgan fingerprint density at radius 3 is 2.70 bits per heavy atom. The van der Waals surface area contributed by atoms with Crippen molar-refractivity contribution in [2.75, 3.05) is 24.8 Å². The van der Waals surface area contributed by atoms with Crippen LogP contribution in [0.5, 0.6) is 5.75 Å². The SMILES string of the molecule is CNc1ccc2c(c1)NC(=O)CCCCC(C(N)/C=C\C(=C/OOOC)c1c(F)cccc1OC(F)F)c1cccc-2c1. The van der Waals surface area contributed by atoms with Gasteiger partial charge in [0.2, 0.25) is 5.91 Å². The van der Waals surface area contributed by atoms with Gasteiger partial charge in [0.1, 0.15) is 17.8 Å². The lowest BCUT2D eigenvalue weighted by molar-refractivity contribution is -0.478. The molecule has 0 aliphatic carbocycles. The van der Waals surface area contributed by atoms with Crippen molar-refractivity contribution >= 4 is 22.9 Å². The number of amides is 1. The van der Waals surface area contributed by atoms with Crippen LogP contribution < -0.4 is 21.1 Å². The quantitative estimate of drug-likeness (QED) is 0.0749. The molecule has 4 rings (SSSR count). The Morgan fingerprint density at radius 1 is 1.12 bits per heavy atom. The number of anilines is 2. The molecule has 0 spiro atoms. The molecule has 8 nitrogen and oxygen atoms in total. The Labute approximate surface area is 248 Å². The highest BCUT2D eigenvalue weighted by molar-refractivity contribution is 5.96. The number of nitrogens with two attached hydrogens (primary N) is 1. The second kappa shape index (κ2) is 15.2. The maximum atomic E-state index is 14.9. The molecule has 0 saturated heterocycles. The number of rotatable bonds is 10. The number of ether oxygens (including phenoxy) is 1. The molecule has 0 saturated carbocycles. The number of allylic oxidation sites excluding steroid dienone is 2. The van der Waals surface area contributed by atoms with Gasteiger partial charge in [0.15, 0.2) is 0 Å². The zero-order valence-electron chi connectivity index (χ0n) is 23.8. The van der Waals surface area contributed by atoms with E-state index in [4.69, 9.17) is 10.6 Å². The zero-order chi connectivity index (χ0) is 30.8. The van der Waals surface area contributed by atoms with Gasteiger partial charge in [-0.2, -0.15) is 13.7 Å². The Morgan fingerprint density at radius 2 is 1.93 bits per heavy atom. The van der Waals surface area contributed by atoms with E-state index >= 15 is 0 Å². The van der Waals surface area contributed by atoms with E-state index in [-0.39, 0.29) is 23.0 Å². The number of carbonyl (C=O) groups is 1. The fourth-order valence-electron chi connectivity index (χ4n) is 5.06. The monoisotopic (exact) mass is 597 g/mol. The van der Waals surface area contributed by atoms with Crippen molar-refractivity contribution in [2.24, 2.45) is 5.73 Å². The molecule has 228 valence electrons. The van der Waals surface area contributed by atoms with Crippen LogP contribution in [0.2, 0.25) is 0 Å². The van der Waals surface area contributed by atoms with Gasteiger partial charge in [-0.1, -0.05) is 55.0 Å². The molecule has 2 unspecified atom stereocenters. The van der Waals surface area contributed by atoms with Crippen LogP contribution in [-0.4, -0.2) is 32.7 Å². The van der Waals surface area contributed by atoms with Gasteiger partial charge in [-0.3, -0.25) is 4.79 Å². The summed E-state index contributed by atoms with van der Waals surface area (Å²) in [5.41, 5.74) is 10.8. The molecule has 1 aliphatic heterocycles. The summed E-state index contributed by atoms with van der Waals surface area (Å²) in [5, 5.41) is 10.6. The molecule has 2 bridgehead atoms. The summed E-state index contributed by atoms with van der Waals surface area (Å²) in [5.74, 6) is -1.47. The number of nitrogens with one attached hydrogen (secondary N) is 2. The average Bonchev–Trinajstić information content (AvgIpc) is 2.98. The van der Waals surface area contributed by atoms with Crippen molar-refractivity contribution in [3.63, 3.8) is 0 Å². The first-order valence-corrected chi connectivity index (χ1v) is 13.8. The molecular formula is C32H34F3N3O5. The van der Waals surface area contributed by atoms with Crippen molar-refractivity contribution in [2.45, 2.75) is 44.3 Å². The minimum atomic E-state index is -3.18. The fraction of sp³-hybridized carbons (Fsp3) is 0.281. The standard InChI is InChI=1S/C32H34F3N3O5/c1-37-23-14-15-25-21-8-5-7-20(17-21)24(9-3-4-12-30(39)38-28(25)18-23)27(36)16-13-22(19-41-43-40-2)31-26(33)10-6-11-29(31)42-32(34)35/h5-8,10-11,13-19,24,27,32,37H,3-4,9,12,36H2,1-2H3,(H,38,39)/b16-13-,22-19+. The van der Waals surface area contributed by atoms with Crippen LogP contribution in [0.4, 0.5) is 24.5 Å². The van der Waals surface area contributed by atoms with E-state index in [2.05, 4.69) is 25.3 Å². The number of benzene rings is 3. The highest BCUT2D eigenvalue weighted by Gasteiger charge is 2.22. The summed E-state index contributed by atoms with van der Waals surface area (Å²) in [6.07, 6.45) is 6.48. The number of fused-ring (bicyclic) bond motifs is 4. The third-order valence-corrected chi connectivity index (χ3v) is 7.10. The normalized spacial score (nSPS) is 16.6. The first-order valence-electron chi connectivity index (χ1n) is 13.8. The Balaban J connectivity index is 1.71. The van der Waals surface area contributed by atoms with E-state index in [1.54, 1.807) is 6.08 Å². The Bertz CT molecular complexity index is 1460. The highest BCUT2D eigenvalue weighted by atomic mass is 19.3. The lowest BCUT2D eigenvalue weighted by Crippen LogP contribution is -2.26. The van der Waals surface area contributed by atoms with Crippen LogP contribution in [0, 0.1) is 5.82 Å². The summed E-state index contributed by atoms with van der Waals surface area (Å²) in [6, 6.07) is 16.7. The summed E-state index contributed by atoms with van der Waals surface area (Å²) in [4.78, 5) is 22.0. The second-order valence-electron chi connectivity index (χ2n) is 9.87. The van der Waals surface area contributed by atoms with E-state index in [1.165, 1.54) is 25.3 Å². The van der Waals surface area contributed by atoms with Crippen molar-refractivity contribution in [1.29, 1.82) is 0 Å². The molecule has 1 amide bonds. The van der Waals surface area contributed by atoms with Gasteiger partial charge in [-0.05, 0) is 53.3 Å². The van der Waals surface area contributed by atoms with Crippen molar-refractivity contribution < 1.29 is 37.5 Å². The van der Waals surface area contributed by atoms with Gasteiger partial charge < -0.3 is 26.0 Å². The van der Waals surface area contributed by atoms with Crippen LogP contribution in [0.15, 0.2) is 79.1 Å². The predicted molar refractivity (Wildman–Crippen MR) is 159 cm³/mol. The molecule has 0 aromatic heterocycles. The minimum absolute atomic E-state index is 0.0223. The molecule has 0 radical (unpaired) electrons. The second-order valence-corrected chi connectivity index (χ2v) is 9.87. The van der Waals surface area contributed by atoms with Gasteiger partial charge in [0.05, 0.1) is 18.4 Å². The van der Waals surface area contributed by atoms with Crippen LogP contribution in [0.1, 0.15) is 42.7 Å². The molecule has 1 aliphatic rings. The third kappa shape index (κ3) is 8.38. The summed E-state index contributed by atoms with van der Waals surface area (Å²) in [6.45, 7) is -3.18. The lowest BCUT2D eigenvalue weighted by atomic mass is 9.84. The summed E-state index contributed by atoms with van der Waals surface area (Å²) < 4.78 is 45.7. The molecule has 1 heterocycles. The van der Waals surface area contributed by atoms with Gasteiger partial charge in [0, 0.05) is 42.3 Å². The summed E-state index contributed by atoms with van der Waals surface area (Å²) in [7, 11) is 3.02. The van der Waals surface area contributed by atoms with E-state index in [1.807, 2.05) is 49.5 Å². The van der Waals surface area contributed by atoms with Crippen LogP contribution in [0.3, 0.4) is 0 Å². The number of carbonyl (C=O) groups excluding carboxylic acids is 1. The van der Waals surface area contributed by atoms with Gasteiger partial charge in [-0.15, -0.1) is 0 Å². The molecule has 4 N–H and O–H groups in total. The van der Waals surface area contributed by atoms with Gasteiger partial charge in [-0.25, -0.2) is 4.39 Å². The van der Waals surface area contributed by atoms with Crippen LogP contribution in [-0.2, 0) is 19.6 Å². The highest BCUT2D eigenvalue weighted by Crippen LogP contribution is 2.36. The first kappa shape index (κ1) is 31.6. The number of alkyl halides is 2. The van der Waals surface area contributed by atoms with E-state index in [0.717, 1.165) is 41.1 Å². The maximum Gasteiger partial charge on any atom is 0.387 e. The van der Waals surface area contributed by atoms with Crippen molar-refractivity contribution in [3.8, 4) is 16.9 Å². The molecule has 43 heavy (non-hydrogen) atoms. The van der Waals surface area contributed by atoms with Crippen LogP contribution in [0.25, 0.3) is 16.7 Å². The smallest absolute Gasteiger partial charge is 0.387 e. The maximum absolute atomic E-state index is 14.9. The zero-order valence-corrected chi connectivity index (χ0v) is 23.8. The molecule has 0 fully saturated rings. The topological polar surface area (TPSA) is 104 Å². The number of halogens is 3. The Hall–Kier alpha value is -4.32. The number of hydrogen-bond donors (Lipinski definition) is 3. The van der Waals surface area contributed by atoms with Crippen LogP contribution >= 0.6 is 0 Å². The fourth-order valence-corrected chi connectivity index (χ4v) is 5.06. The Kier molecular flexibility index (Phi) is 11.2. The van der Waals surface area contributed by atoms with Crippen molar-refractivity contribution in [3.05, 3.63) is 96.0 Å². The van der Waals surface area contributed by atoms with Crippen molar-refractivity contribution in [1.82, 2.24) is 0 Å². The molecule has 3 aromatic rings. The summed E-state index contributed by atoms with van der Waals surface area (Å²) >= 11 is 0. The molecular weight excluding hydrogens is 563 g/mol. The minimum Gasteiger partial charge on any atom is -0.434 e. The average molecular weight is 598 g/mol. The molecule has 3 aromatic carbocycles. The van der Waals surface area contributed by atoms with E-state index < -0.39 is 24.2 Å². The van der Waals surface area contributed by atoms with E-state index in [9.17, 15) is 18.0 Å². The van der Waals surface area contributed by atoms with Gasteiger partial charge in [0.25, 0.3) is 0 Å². The molecule has 2 atom stereocenters. The largest absolute Gasteiger partial charge is 0.434 e.